The van der Waals surface area contributed by atoms with Gasteiger partial charge in [-0.15, -0.1) is 0 Å². The minimum absolute atomic E-state index is 0.00802. The number of rotatable bonds is 11. The zero-order valence-corrected chi connectivity index (χ0v) is 17.9. The van der Waals surface area contributed by atoms with Crippen LogP contribution in [0.3, 0.4) is 0 Å². The van der Waals surface area contributed by atoms with E-state index in [1.807, 2.05) is 11.0 Å². The summed E-state index contributed by atoms with van der Waals surface area (Å²) < 4.78 is 16.2. The summed E-state index contributed by atoms with van der Waals surface area (Å²) in [6.45, 7) is 2.28. The molecule has 0 aliphatic carbocycles. The van der Waals surface area contributed by atoms with Crippen molar-refractivity contribution in [1.29, 1.82) is 5.26 Å². The molecule has 168 valence electrons. The van der Waals surface area contributed by atoms with Crippen LogP contribution < -0.4 is 9.91 Å². The Morgan fingerprint density at radius 2 is 1.84 bits per heavy atom. The molecular formula is C22H24N4O6. The zero-order chi connectivity index (χ0) is 22.9. The van der Waals surface area contributed by atoms with E-state index in [2.05, 4.69) is 9.99 Å². The number of furan rings is 1. The highest BCUT2D eigenvalue weighted by molar-refractivity contribution is 6.37. The summed E-state index contributed by atoms with van der Waals surface area (Å²) in [5, 5.41) is 23.3. The standard InChI is InChI=1S/C22H24N4O6/c1-29-11-9-25(10-12-30-2)21-8-7-18(32-21)13-19-20(14-23)24-26(22(19)27)17-5-3-16(4-6-17)15-31-28/h3-8,13,28H,9-12,15H2,1-2H3. The van der Waals surface area contributed by atoms with Crippen molar-refractivity contribution in [3.8, 4) is 6.07 Å². The van der Waals surface area contributed by atoms with Gasteiger partial charge in [-0.05, 0) is 29.8 Å². The molecule has 0 radical (unpaired) electrons. The quantitative estimate of drug-likeness (QED) is 0.322. The van der Waals surface area contributed by atoms with E-state index in [1.165, 1.54) is 6.08 Å². The summed E-state index contributed by atoms with van der Waals surface area (Å²) in [6, 6.07) is 12.2. The highest BCUT2D eigenvalue weighted by atomic mass is 17.1. The molecule has 1 aromatic heterocycles. The van der Waals surface area contributed by atoms with Crippen LogP contribution in [0.25, 0.3) is 6.08 Å². The Hall–Kier alpha value is -3.49. The van der Waals surface area contributed by atoms with E-state index in [9.17, 15) is 10.1 Å². The molecular weight excluding hydrogens is 416 g/mol. The number of amides is 1. The highest BCUT2D eigenvalue weighted by Crippen LogP contribution is 2.27. The average molecular weight is 440 g/mol. The van der Waals surface area contributed by atoms with Crippen LogP contribution in [0.4, 0.5) is 11.6 Å². The molecule has 1 aromatic carbocycles. The van der Waals surface area contributed by atoms with Gasteiger partial charge in [0.2, 0.25) is 0 Å². The Morgan fingerprint density at radius 3 is 2.44 bits per heavy atom. The maximum atomic E-state index is 13.0. The monoisotopic (exact) mass is 440 g/mol. The molecule has 1 aliphatic heterocycles. The van der Waals surface area contributed by atoms with E-state index in [0.717, 1.165) is 10.6 Å². The van der Waals surface area contributed by atoms with E-state index in [1.54, 1.807) is 50.6 Å². The molecule has 0 atom stereocenters. The molecule has 1 amide bonds. The molecule has 1 N–H and O–H groups in total. The number of nitriles is 1. The Balaban J connectivity index is 1.81. The topological polar surface area (TPSA) is 121 Å². The number of ether oxygens (including phenoxy) is 2. The number of hydrogen-bond donors (Lipinski definition) is 1. The molecule has 32 heavy (non-hydrogen) atoms. The number of hydrogen-bond acceptors (Lipinski definition) is 9. The van der Waals surface area contributed by atoms with E-state index in [-0.39, 0.29) is 17.9 Å². The number of anilines is 2. The molecule has 0 fully saturated rings. The summed E-state index contributed by atoms with van der Waals surface area (Å²) in [7, 11) is 3.25. The van der Waals surface area contributed by atoms with Gasteiger partial charge in [0.25, 0.3) is 5.91 Å². The highest BCUT2D eigenvalue weighted by Gasteiger charge is 2.31. The van der Waals surface area contributed by atoms with Gasteiger partial charge in [0.05, 0.1) is 24.5 Å². The normalized spacial score (nSPS) is 14.7. The lowest BCUT2D eigenvalue weighted by Crippen LogP contribution is -2.30. The van der Waals surface area contributed by atoms with Crippen LogP contribution in [0.5, 0.6) is 0 Å². The van der Waals surface area contributed by atoms with E-state index in [4.69, 9.17) is 19.1 Å². The molecule has 0 unspecified atom stereocenters. The van der Waals surface area contributed by atoms with Crippen LogP contribution in [0.2, 0.25) is 0 Å². The Labute approximate surface area is 185 Å². The zero-order valence-electron chi connectivity index (χ0n) is 17.9. The maximum Gasteiger partial charge on any atom is 0.281 e. The van der Waals surface area contributed by atoms with Crippen molar-refractivity contribution >= 4 is 29.3 Å². The summed E-state index contributed by atoms with van der Waals surface area (Å²) in [5.74, 6) is 0.579. The Morgan fingerprint density at radius 1 is 1.16 bits per heavy atom. The van der Waals surface area contributed by atoms with Crippen LogP contribution in [0, 0.1) is 11.3 Å². The summed E-state index contributed by atoms with van der Waals surface area (Å²) in [4.78, 5) is 19.0. The first-order chi connectivity index (χ1) is 15.6. The van der Waals surface area contributed by atoms with Crippen molar-refractivity contribution in [1.82, 2.24) is 0 Å². The van der Waals surface area contributed by atoms with Gasteiger partial charge in [-0.1, -0.05) is 12.1 Å². The van der Waals surface area contributed by atoms with Gasteiger partial charge < -0.3 is 18.8 Å². The van der Waals surface area contributed by atoms with Crippen molar-refractivity contribution < 1.29 is 28.8 Å². The van der Waals surface area contributed by atoms with Crippen molar-refractivity contribution in [3.05, 3.63) is 53.3 Å². The molecule has 0 spiro atoms. The molecule has 0 saturated carbocycles. The van der Waals surface area contributed by atoms with Crippen LogP contribution in [-0.4, -0.2) is 57.4 Å². The third kappa shape index (κ3) is 5.40. The van der Waals surface area contributed by atoms with Gasteiger partial charge in [0.1, 0.15) is 18.4 Å². The predicted octanol–water partition coefficient (Wildman–Crippen LogP) is 2.68. The first-order valence-corrected chi connectivity index (χ1v) is 9.84. The minimum Gasteiger partial charge on any atom is -0.441 e. The van der Waals surface area contributed by atoms with Crippen LogP contribution >= 0.6 is 0 Å². The molecule has 0 bridgehead atoms. The molecule has 2 heterocycles. The van der Waals surface area contributed by atoms with Crippen LogP contribution in [-0.2, 0) is 25.8 Å². The fourth-order valence-corrected chi connectivity index (χ4v) is 3.08. The molecule has 0 saturated heterocycles. The second kappa shape index (κ2) is 11.2. The third-order valence-corrected chi connectivity index (χ3v) is 4.74. The number of hydrazone groups is 1. The summed E-state index contributed by atoms with van der Waals surface area (Å²) in [6.07, 6.45) is 1.51. The van der Waals surface area contributed by atoms with Gasteiger partial charge in [0, 0.05) is 33.4 Å². The van der Waals surface area contributed by atoms with E-state index >= 15 is 0 Å². The minimum atomic E-state index is -0.443. The largest absolute Gasteiger partial charge is 0.441 e. The van der Waals surface area contributed by atoms with Crippen LogP contribution in [0.1, 0.15) is 11.3 Å². The van der Waals surface area contributed by atoms with E-state index < -0.39 is 5.91 Å². The molecule has 2 aromatic rings. The number of benzene rings is 1. The second-order valence-electron chi connectivity index (χ2n) is 6.82. The summed E-state index contributed by atoms with van der Waals surface area (Å²) in [5.41, 5.74) is 1.33. The smallest absolute Gasteiger partial charge is 0.281 e. The second-order valence-corrected chi connectivity index (χ2v) is 6.82. The lowest BCUT2D eigenvalue weighted by Gasteiger charge is -2.20. The van der Waals surface area contributed by atoms with Gasteiger partial charge >= 0.3 is 0 Å². The number of methoxy groups -OCH3 is 2. The van der Waals surface area contributed by atoms with Gasteiger partial charge in [-0.25, -0.2) is 4.89 Å². The van der Waals surface area contributed by atoms with Crippen molar-refractivity contribution in [3.63, 3.8) is 0 Å². The molecule has 10 nitrogen and oxygen atoms in total. The van der Waals surface area contributed by atoms with Gasteiger partial charge in [-0.2, -0.15) is 15.4 Å². The van der Waals surface area contributed by atoms with Crippen molar-refractivity contribution in [2.45, 2.75) is 6.61 Å². The van der Waals surface area contributed by atoms with E-state index in [0.29, 0.717) is 43.6 Å². The lowest BCUT2D eigenvalue weighted by molar-refractivity contribution is -0.253. The third-order valence-electron chi connectivity index (χ3n) is 4.74. The number of carbonyl (C=O) groups excluding carboxylic acids is 1. The number of carbonyl (C=O) groups is 1. The average Bonchev–Trinajstić information content (AvgIpc) is 3.40. The van der Waals surface area contributed by atoms with Crippen LogP contribution in [0.15, 0.2) is 51.5 Å². The summed E-state index contributed by atoms with van der Waals surface area (Å²) >= 11 is 0. The maximum absolute atomic E-state index is 13.0. The Bertz CT molecular complexity index is 1010. The Kier molecular flexibility index (Phi) is 8.13. The molecule has 3 rings (SSSR count). The predicted molar refractivity (Wildman–Crippen MR) is 117 cm³/mol. The number of nitrogens with zero attached hydrogens (tertiary/aromatic N) is 4. The first-order valence-electron chi connectivity index (χ1n) is 9.84. The first kappa shape index (κ1) is 23.2. The van der Waals surface area contributed by atoms with Gasteiger partial charge in [0.15, 0.2) is 11.6 Å². The fraction of sp³-hybridized carbons (Fsp3) is 0.318. The molecule has 1 aliphatic rings. The molecule has 10 heteroatoms. The lowest BCUT2D eigenvalue weighted by atomic mass is 10.1. The SMILES string of the molecule is COCCN(CCOC)c1ccc(C=C2C(=O)N(c3ccc(COO)cc3)N=C2C#N)o1. The fourth-order valence-electron chi connectivity index (χ4n) is 3.08. The van der Waals surface area contributed by atoms with Crippen molar-refractivity contribution in [2.24, 2.45) is 5.10 Å². The van der Waals surface area contributed by atoms with Gasteiger partial charge in [-0.3, -0.25) is 10.1 Å². The van der Waals surface area contributed by atoms with Crippen molar-refractivity contribution in [2.75, 3.05) is 50.4 Å².